The fraction of sp³-hybridized carbons (Fsp3) is 0.250. The molecule has 1 nitrogen and oxygen atoms in total. The first kappa shape index (κ1) is 15.5. The average molecular weight is 354 g/mol. The van der Waals surface area contributed by atoms with E-state index in [0.29, 0.717) is 12.6 Å². The Bertz CT molecular complexity index is 586. The van der Waals surface area contributed by atoms with E-state index in [1.165, 1.54) is 6.07 Å². The van der Waals surface area contributed by atoms with Gasteiger partial charge in [-0.3, -0.25) is 0 Å². The molecule has 0 aliphatic heterocycles. The molecular formula is C16H17BrFNS. The van der Waals surface area contributed by atoms with Gasteiger partial charge in [0.1, 0.15) is 5.82 Å². The molecule has 106 valence electrons. The molecule has 0 unspecified atom stereocenters. The highest BCUT2D eigenvalue weighted by Crippen LogP contribution is 2.35. The first-order chi connectivity index (χ1) is 9.56. The van der Waals surface area contributed by atoms with E-state index in [9.17, 15) is 4.39 Å². The van der Waals surface area contributed by atoms with Gasteiger partial charge in [-0.2, -0.15) is 0 Å². The van der Waals surface area contributed by atoms with Crippen LogP contribution in [0.25, 0.3) is 0 Å². The molecule has 0 amide bonds. The number of halogens is 2. The van der Waals surface area contributed by atoms with E-state index in [0.717, 1.165) is 19.8 Å². The number of nitrogens with one attached hydrogen (secondary N) is 1. The Balaban J connectivity index is 2.24. The van der Waals surface area contributed by atoms with Gasteiger partial charge in [0.25, 0.3) is 0 Å². The van der Waals surface area contributed by atoms with Crippen LogP contribution in [0.15, 0.2) is 56.7 Å². The van der Waals surface area contributed by atoms with Crippen molar-refractivity contribution in [3.05, 3.63) is 58.3 Å². The molecule has 2 aromatic rings. The van der Waals surface area contributed by atoms with Gasteiger partial charge in [0.15, 0.2) is 0 Å². The molecule has 2 aromatic carbocycles. The van der Waals surface area contributed by atoms with Crippen molar-refractivity contribution in [3.63, 3.8) is 0 Å². The molecule has 0 radical (unpaired) electrons. The van der Waals surface area contributed by atoms with Crippen molar-refractivity contribution in [1.29, 1.82) is 0 Å². The fourth-order valence-electron chi connectivity index (χ4n) is 1.75. The van der Waals surface area contributed by atoms with Gasteiger partial charge in [0.2, 0.25) is 0 Å². The van der Waals surface area contributed by atoms with Crippen molar-refractivity contribution in [2.45, 2.75) is 36.2 Å². The molecule has 0 aromatic heterocycles. The van der Waals surface area contributed by atoms with Crippen molar-refractivity contribution < 1.29 is 4.39 Å². The minimum absolute atomic E-state index is 0.193. The third kappa shape index (κ3) is 4.33. The molecular weight excluding hydrogens is 337 g/mol. The van der Waals surface area contributed by atoms with E-state index < -0.39 is 0 Å². The van der Waals surface area contributed by atoms with E-state index in [1.54, 1.807) is 17.8 Å². The van der Waals surface area contributed by atoms with Crippen molar-refractivity contribution >= 4 is 27.7 Å². The largest absolute Gasteiger partial charge is 0.310 e. The summed E-state index contributed by atoms with van der Waals surface area (Å²) >= 11 is 5.19. The summed E-state index contributed by atoms with van der Waals surface area (Å²) in [6.45, 7) is 4.84. The van der Waals surface area contributed by atoms with Crippen molar-refractivity contribution in [1.82, 2.24) is 5.32 Å². The lowest BCUT2D eigenvalue weighted by atomic mass is 10.2. The number of hydrogen-bond acceptors (Lipinski definition) is 2. The smallest absolute Gasteiger partial charge is 0.123 e. The third-order valence-corrected chi connectivity index (χ3v) is 4.93. The van der Waals surface area contributed by atoms with E-state index in [1.807, 2.05) is 24.3 Å². The zero-order valence-electron chi connectivity index (χ0n) is 11.5. The first-order valence-electron chi connectivity index (χ1n) is 6.50. The van der Waals surface area contributed by atoms with Crippen LogP contribution in [0.5, 0.6) is 0 Å². The summed E-state index contributed by atoms with van der Waals surface area (Å²) in [6.07, 6.45) is 0. The van der Waals surface area contributed by atoms with Gasteiger partial charge in [-0.25, -0.2) is 4.39 Å². The van der Waals surface area contributed by atoms with Gasteiger partial charge in [0.05, 0.1) is 0 Å². The van der Waals surface area contributed by atoms with Crippen LogP contribution in [-0.2, 0) is 6.54 Å². The second-order valence-electron chi connectivity index (χ2n) is 4.82. The van der Waals surface area contributed by atoms with E-state index in [-0.39, 0.29) is 5.82 Å². The Hall–Kier alpha value is -0.840. The summed E-state index contributed by atoms with van der Waals surface area (Å²) in [5.74, 6) is -0.193. The summed E-state index contributed by atoms with van der Waals surface area (Å²) in [6, 6.07) is 13.4. The van der Waals surface area contributed by atoms with Crippen LogP contribution >= 0.6 is 27.7 Å². The second-order valence-corrected chi connectivity index (χ2v) is 6.76. The molecule has 0 aliphatic rings. The second kappa shape index (κ2) is 7.25. The summed E-state index contributed by atoms with van der Waals surface area (Å²) in [4.78, 5) is 2.20. The Morgan fingerprint density at radius 1 is 1.15 bits per heavy atom. The molecule has 20 heavy (non-hydrogen) atoms. The molecule has 4 heteroatoms. The molecule has 1 N–H and O–H groups in total. The maximum atomic E-state index is 13.4. The van der Waals surface area contributed by atoms with Crippen molar-refractivity contribution in [2.24, 2.45) is 0 Å². The number of benzene rings is 2. The summed E-state index contributed by atoms with van der Waals surface area (Å²) < 4.78 is 14.5. The van der Waals surface area contributed by atoms with E-state index in [2.05, 4.69) is 41.2 Å². The number of hydrogen-bond donors (Lipinski definition) is 1. The molecule has 0 atom stereocenters. The van der Waals surface area contributed by atoms with Crippen LogP contribution in [0.3, 0.4) is 0 Å². The zero-order chi connectivity index (χ0) is 14.5. The van der Waals surface area contributed by atoms with E-state index >= 15 is 0 Å². The van der Waals surface area contributed by atoms with Crippen molar-refractivity contribution in [3.8, 4) is 0 Å². The van der Waals surface area contributed by atoms with Crippen LogP contribution in [0.1, 0.15) is 19.4 Å². The van der Waals surface area contributed by atoms with E-state index in [4.69, 9.17) is 0 Å². The van der Waals surface area contributed by atoms with Gasteiger partial charge in [-0.1, -0.05) is 37.7 Å². The molecule has 0 fully saturated rings. The maximum absolute atomic E-state index is 13.4. The van der Waals surface area contributed by atoms with Gasteiger partial charge < -0.3 is 5.32 Å². The minimum Gasteiger partial charge on any atom is -0.310 e. The topological polar surface area (TPSA) is 12.0 Å². The summed E-state index contributed by atoms with van der Waals surface area (Å²) in [7, 11) is 0. The highest BCUT2D eigenvalue weighted by Gasteiger charge is 2.08. The molecule has 0 bridgehead atoms. The van der Waals surface area contributed by atoms with Gasteiger partial charge in [-0.05, 0) is 51.8 Å². The Labute approximate surface area is 132 Å². The van der Waals surface area contributed by atoms with Gasteiger partial charge >= 0.3 is 0 Å². The summed E-state index contributed by atoms with van der Waals surface area (Å²) in [5.41, 5.74) is 0.986. The quantitative estimate of drug-likeness (QED) is 0.788. The molecule has 0 spiro atoms. The van der Waals surface area contributed by atoms with Crippen LogP contribution in [0.2, 0.25) is 0 Å². The lowest BCUT2D eigenvalue weighted by Crippen LogP contribution is -2.22. The lowest BCUT2D eigenvalue weighted by molar-refractivity contribution is 0.576. The Kier molecular flexibility index (Phi) is 5.64. The molecule has 0 heterocycles. The third-order valence-electron chi connectivity index (χ3n) is 2.78. The lowest BCUT2D eigenvalue weighted by Gasteiger charge is -2.13. The maximum Gasteiger partial charge on any atom is 0.123 e. The van der Waals surface area contributed by atoms with Gasteiger partial charge in [0, 0.05) is 26.9 Å². The van der Waals surface area contributed by atoms with Crippen molar-refractivity contribution in [2.75, 3.05) is 0 Å². The van der Waals surface area contributed by atoms with Crippen LogP contribution < -0.4 is 5.32 Å². The Morgan fingerprint density at radius 3 is 2.60 bits per heavy atom. The standard InChI is InChI=1S/C16H17BrFNS/c1-11(2)19-10-12-9-13(18)7-8-15(12)20-16-6-4-3-5-14(16)17/h3-9,11,19H,10H2,1-2H3. The molecule has 0 saturated carbocycles. The predicted octanol–water partition coefficient (Wildman–Crippen LogP) is 5.24. The zero-order valence-corrected chi connectivity index (χ0v) is 13.9. The van der Waals surface area contributed by atoms with Crippen LogP contribution in [0.4, 0.5) is 4.39 Å². The van der Waals surface area contributed by atoms with Crippen LogP contribution in [0, 0.1) is 5.82 Å². The first-order valence-corrected chi connectivity index (χ1v) is 8.11. The van der Waals surface area contributed by atoms with Crippen LogP contribution in [-0.4, -0.2) is 6.04 Å². The summed E-state index contributed by atoms with van der Waals surface area (Å²) in [5, 5.41) is 3.34. The Morgan fingerprint density at radius 2 is 1.90 bits per heavy atom. The highest BCUT2D eigenvalue weighted by molar-refractivity contribution is 9.10. The minimum atomic E-state index is -0.193. The normalized spacial score (nSPS) is 11.1. The SMILES string of the molecule is CC(C)NCc1cc(F)ccc1Sc1ccccc1Br. The monoisotopic (exact) mass is 353 g/mol. The van der Waals surface area contributed by atoms with Gasteiger partial charge in [-0.15, -0.1) is 0 Å². The molecule has 0 saturated heterocycles. The molecule has 0 aliphatic carbocycles. The predicted molar refractivity (Wildman–Crippen MR) is 86.6 cm³/mol. The highest BCUT2D eigenvalue weighted by atomic mass is 79.9. The molecule has 2 rings (SSSR count). The average Bonchev–Trinajstić information content (AvgIpc) is 2.41. The fourth-order valence-corrected chi connectivity index (χ4v) is 3.22. The number of rotatable bonds is 5.